The molecule has 0 aromatic heterocycles. The highest BCUT2D eigenvalue weighted by atomic mass is 28.4. The van der Waals surface area contributed by atoms with Gasteiger partial charge >= 0.3 is 0 Å². The standard InChI is InChI=1S/C37H61NO9Si/c1-30(16-14-15-23-39)35(45-28-31-19-21-32(42-7)22-20-31)18-13-11-12-17-33(47-48(9,10)37(2,3)4)26-34(27-36(40)38(5)43-8)46-29-44-25-24-41-6/h11-15,18-23,30,33-35H,16-17,24-29H2,1-10H3/b12-11+,15-14+,18-13+/t30-,33+,34+,35+/m1/s1. The lowest BCUT2D eigenvalue weighted by Gasteiger charge is -2.40. The average molecular weight is 692 g/mol. The number of amides is 1. The molecule has 1 aromatic rings. The molecule has 1 aromatic carbocycles. The summed E-state index contributed by atoms with van der Waals surface area (Å²) in [6.07, 6.45) is 13.5. The van der Waals surface area contributed by atoms with E-state index in [9.17, 15) is 9.59 Å². The summed E-state index contributed by atoms with van der Waals surface area (Å²) < 4.78 is 35.1. The maximum Gasteiger partial charge on any atom is 0.248 e. The maximum atomic E-state index is 12.8. The normalized spacial score (nSPS) is 15.2. The van der Waals surface area contributed by atoms with E-state index in [2.05, 4.69) is 46.9 Å². The first-order valence-electron chi connectivity index (χ1n) is 16.6. The van der Waals surface area contributed by atoms with Crippen molar-refractivity contribution >= 4 is 20.5 Å². The molecular weight excluding hydrogens is 630 g/mol. The molecule has 0 aliphatic rings. The van der Waals surface area contributed by atoms with Crippen molar-refractivity contribution in [2.24, 2.45) is 5.92 Å². The first-order chi connectivity index (χ1) is 22.8. The van der Waals surface area contributed by atoms with E-state index in [0.29, 0.717) is 39.1 Å². The van der Waals surface area contributed by atoms with Crippen molar-refractivity contribution in [3.63, 3.8) is 0 Å². The number of rotatable bonds is 25. The monoisotopic (exact) mass is 691 g/mol. The number of benzene rings is 1. The van der Waals surface area contributed by atoms with E-state index in [1.807, 2.05) is 48.6 Å². The fourth-order valence-corrected chi connectivity index (χ4v) is 5.73. The Morgan fingerprint density at radius 3 is 2.23 bits per heavy atom. The minimum absolute atomic E-state index is 0.00342. The van der Waals surface area contributed by atoms with Crippen LogP contribution >= 0.6 is 0 Å². The molecule has 0 heterocycles. The number of hydroxylamine groups is 2. The van der Waals surface area contributed by atoms with E-state index in [4.69, 9.17) is 32.9 Å². The van der Waals surface area contributed by atoms with Crippen LogP contribution in [0.4, 0.5) is 0 Å². The van der Waals surface area contributed by atoms with Crippen LogP contribution in [0.15, 0.2) is 60.7 Å². The summed E-state index contributed by atoms with van der Waals surface area (Å²) in [5.74, 6) is 0.748. The molecule has 0 unspecified atom stereocenters. The van der Waals surface area contributed by atoms with Crippen molar-refractivity contribution in [3.8, 4) is 5.75 Å². The predicted octanol–water partition coefficient (Wildman–Crippen LogP) is 7.06. The Balaban J connectivity index is 3.12. The van der Waals surface area contributed by atoms with Gasteiger partial charge in [0.25, 0.3) is 0 Å². The van der Waals surface area contributed by atoms with Gasteiger partial charge in [-0.25, -0.2) is 5.06 Å². The minimum atomic E-state index is -2.15. The summed E-state index contributed by atoms with van der Waals surface area (Å²) >= 11 is 0. The lowest BCUT2D eigenvalue weighted by atomic mass is 9.99. The van der Waals surface area contributed by atoms with Crippen LogP contribution in [0.2, 0.25) is 18.1 Å². The van der Waals surface area contributed by atoms with Crippen molar-refractivity contribution in [3.05, 3.63) is 66.3 Å². The first-order valence-corrected chi connectivity index (χ1v) is 19.5. The molecule has 0 aliphatic heterocycles. The number of ether oxygens (including phenoxy) is 5. The smallest absolute Gasteiger partial charge is 0.248 e. The Bertz CT molecular complexity index is 1110. The van der Waals surface area contributed by atoms with Gasteiger partial charge in [-0.05, 0) is 67.1 Å². The first kappa shape index (κ1) is 43.4. The molecule has 272 valence electrons. The molecule has 0 radical (unpaired) electrons. The Hall–Kier alpha value is -2.64. The molecule has 0 fully saturated rings. The van der Waals surface area contributed by atoms with Gasteiger partial charge < -0.3 is 28.1 Å². The molecule has 0 N–H and O–H groups in total. The lowest BCUT2D eigenvalue weighted by Crippen LogP contribution is -2.45. The number of allylic oxidation sites excluding steroid dienone is 4. The van der Waals surface area contributed by atoms with Crippen LogP contribution in [0.5, 0.6) is 5.75 Å². The zero-order valence-electron chi connectivity index (χ0n) is 30.9. The summed E-state index contributed by atoms with van der Waals surface area (Å²) in [6, 6.07) is 7.81. The predicted molar refractivity (Wildman–Crippen MR) is 192 cm³/mol. The van der Waals surface area contributed by atoms with Gasteiger partial charge in [-0.1, -0.05) is 70.2 Å². The molecule has 11 heteroatoms. The number of hydrogen-bond acceptors (Lipinski definition) is 9. The summed E-state index contributed by atoms with van der Waals surface area (Å²) in [4.78, 5) is 28.7. The molecule has 1 amide bonds. The van der Waals surface area contributed by atoms with Gasteiger partial charge in [-0.3, -0.25) is 14.4 Å². The maximum absolute atomic E-state index is 12.8. The van der Waals surface area contributed by atoms with Gasteiger partial charge in [0.2, 0.25) is 5.91 Å². The molecule has 10 nitrogen and oxygen atoms in total. The quantitative estimate of drug-likeness (QED) is 0.0203. The van der Waals surface area contributed by atoms with Crippen molar-refractivity contribution in [2.75, 3.05) is 48.4 Å². The largest absolute Gasteiger partial charge is 0.497 e. The van der Waals surface area contributed by atoms with Gasteiger partial charge in [0.05, 0.1) is 58.8 Å². The van der Waals surface area contributed by atoms with Crippen LogP contribution in [0.25, 0.3) is 0 Å². The number of hydrogen-bond donors (Lipinski definition) is 0. The van der Waals surface area contributed by atoms with Crippen LogP contribution < -0.4 is 4.74 Å². The SMILES string of the molecule is COCCOCO[C@H](CC(=O)N(C)OC)C[C@H](C/C=C/C=C/[C@H](OCc1ccc(OC)cc1)[C@H](C)C/C=C/C=O)O[Si](C)(C)C(C)(C)C. The molecule has 1 rings (SSSR count). The third kappa shape index (κ3) is 17.7. The summed E-state index contributed by atoms with van der Waals surface area (Å²) in [5.41, 5.74) is 1.04. The molecule has 0 spiro atoms. The molecule has 0 saturated heterocycles. The van der Waals surface area contributed by atoms with E-state index in [1.54, 1.807) is 21.3 Å². The van der Waals surface area contributed by atoms with Crippen LogP contribution in [0.1, 0.15) is 58.9 Å². The second-order valence-corrected chi connectivity index (χ2v) is 18.0. The van der Waals surface area contributed by atoms with Crippen LogP contribution in [0, 0.1) is 5.92 Å². The van der Waals surface area contributed by atoms with Crippen LogP contribution in [-0.2, 0) is 44.4 Å². The minimum Gasteiger partial charge on any atom is -0.497 e. The van der Waals surface area contributed by atoms with E-state index in [1.165, 1.54) is 18.2 Å². The summed E-state index contributed by atoms with van der Waals surface area (Å²) in [7, 11) is 4.15. The molecule has 0 saturated carbocycles. The van der Waals surface area contributed by atoms with E-state index < -0.39 is 14.4 Å². The molecule has 48 heavy (non-hydrogen) atoms. The second kappa shape index (κ2) is 23.7. The Labute approximate surface area is 290 Å². The van der Waals surface area contributed by atoms with Gasteiger partial charge in [0, 0.05) is 14.2 Å². The Morgan fingerprint density at radius 2 is 1.62 bits per heavy atom. The highest BCUT2D eigenvalue weighted by molar-refractivity contribution is 6.74. The number of carbonyl (C=O) groups excluding carboxylic acids is 2. The summed E-state index contributed by atoms with van der Waals surface area (Å²) in [6.45, 7) is 14.5. The van der Waals surface area contributed by atoms with Crippen LogP contribution in [-0.4, -0.2) is 92.3 Å². The number of carbonyl (C=O) groups is 2. The van der Waals surface area contributed by atoms with Gasteiger partial charge in [0.15, 0.2) is 8.32 Å². The van der Waals surface area contributed by atoms with Gasteiger partial charge in [-0.15, -0.1) is 0 Å². The Kier molecular flexibility index (Phi) is 21.4. The molecule has 0 aliphatic carbocycles. The molecule has 4 atom stereocenters. The fraction of sp³-hybridized carbons (Fsp3) is 0.622. The van der Waals surface area contributed by atoms with E-state index >= 15 is 0 Å². The van der Waals surface area contributed by atoms with Gasteiger partial charge in [0.1, 0.15) is 18.8 Å². The lowest BCUT2D eigenvalue weighted by molar-refractivity contribution is -0.174. The molecule has 0 bridgehead atoms. The van der Waals surface area contributed by atoms with Crippen LogP contribution in [0.3, 0.4) is 0 Å². The van der Waals surface area contributed by atoms with Crippen molar-refractivity contribution in [1.82, 2.24) is 5.06 Å². The van der Waals surface area contributed by atoms with Crippen molar-refractivity contribution < 1.29 is 42.5 Å². The highest BCUT2D eigenvalue weighted by Gasteiger charge is 2.39. The zero-order chi connectivity index (χ0) is 36.0. The number of nitrogens with zero attached hydrogens (tertiary/aromatic N) is 1. The van der Waals surface area contributed by atoms with Gasteiger partial charge in [-0.2, -0.15) is 0 Å². The van der Waals surface area contributed by atoms with Crippen molar-refractivity contribution in [2.45, 2.75) is 96.4 Å². The third-order valence-corrected chi connectivity index (χ3v) is 13.0. The zero-order valence-corrected chi connectivity index (χ0v) is 31.9. The number of methoxy groups -OCH3 is 2. The molecular formula is C37H61NO9Si. The topological polar surface area (TPSA) is 102 Å². The Morgan fingerprint density at radius 1 is 0.938 bits per heavy atom. The van der Waals surface area contributed by atoms with Crippen molar-refractivity contribution in [1.29, 1.82) is 0 Å². The number of aldehydes is 1. The van der Waals surface area contributed by atoms with E-state index in [0.717, 1.165) is 17.6 Å². The average Bonchev–Trinajstić information content (AvgIpc) is 3.04. The third-order valence-electron chi connectivity index (χ3n) is 8.47. The fourth-order valence-electron chi connectivity index (χ4n) is 4.35. The highest BCUT2D eigenvalue weighted by Crippen LogP contribution is 2.38. The second-order valence-electron chi connectivity index (χ2n) is 13.3. The summed E-state index contributed by atoms with van der Waals surface area (Å²) in [5, 5.41) is 1.21. The van der Waals surface area contributed by atoms with E-state index in [-0.39, 0.29) is 42.3 Å².